The second-order valence-corrected chi connectivity index (χ2v) is 11.7. The van der Waals surface area contributed by atoms with Crippen LogP contribution in [0, 0.1) is 29.1 Å². The van der Waals surface area contributed by atoms with Crippen LogP contribution in [0.3, 0.4) is 0 Å². The first kappa shape index (κ1) is 19.9. The van der Waals surface area contributed by atoms with E-state index in [9.17, 15) is 4.79 Å². The number of aryl methyl sites for hydroxylation is 1. The summed E-state index contributed by atoms with van der Waals surface area (Å²) in [6.07, 6.45) is 10.2. The number of esters is 1. The molecule has 1 heterocycles. The van der Waals surface area contributed by atoms with E-state index in [0.717, 1.165) is 36.5 Å². The van der Waals surface area contributed by atoms with Crippen molar-refractivity contribution >= 4 is 16.9 Å². The van der Waals surface area contributed by atoms with E-state index < -0.39 is 0 Å². The van der Waals surface area contributed by atoms with Gasteiger partial charge in [-0.15, -0.1) is 0 Å². The third kappa shape index (κ3) is 2.61. The van der Waals surface area contributed by atoms with E-state index in [-0.39, 0.29) is 12.1 Å². The molecule has 3 fully saturated rings. The molecule has 0 saturated heterocycles. The fourth-order valence-corrected chi connectivity index (χ4v) is 9.18. The molecule has 0 spiro atoms. The molecular formula is C28H37NO2. The van der Waals surface area contributed by atoms with Gasteiger partial charge < -0.3 is 9.30 Å². The minimum atomic E-state index is -0.105. The van der Waals surface area contributed by atoms with Crippen LogP contribution < -0.4 is 0 Å². The Morgan fingerprint density at radius 1 is 1.06 bits per heavy atom. The van der Waals surface area contributed by atoms with Crippen LogP contribution in [0.5, 0.6) is 0 Å². The summed E-state index contributed by atoms with van der Waals surface area (Å²) >= 11 is 0. The molecule has 166 valence electrons. The van der Waals surface area contributed by atoms with Gasteiger partial charge in [0.25, 0.3) is 0 Å². The quantitative estimate of drug-likeness (QED) is 0.518. The van der Waals surface area contributed by atoms with Crippen molar-refractivity contribution in [3.05, 3.63) is 35.5 Å². The van der Waals surface area contributed by atoms with Crippen LogP contribution in [0.2, 0.25) is 0 Å². The number of aromatic nitrogens is 1. The predicted molar refractivity (Wildman–Crippen MR) is 124 cm³/mol. The van der Waals surface area contributed by atoms with E-state index in [1.54, 1.807) is 18.2 Å². The van der Waals surface area contributed by atoms with Crippen molar-refractivity contribution in [3.8, 4) is 0 Å². The van der Waals surface area contributed by atoms with Crippen molar-refractivity contribution in [1.82, 2.24) is 4.57 Å². The zero-order valence-electron chi connectivity index (χ0n) is 19.6. The van der Waals surface area contributed by atoms with Gasteiger partial charge in [0.15, 0.2) is 0 Å². The average Bonchev–Trinajstić information content (AvgIpc) is 3.21. The smallest absolute Gasteiger partial charge is 0.302 e. The molecule has 1 aromatic carbocycles. The summed E-state index contributed by atoms with van der Waals surface area (Å²) in [6, 6.07) is 9.04. The van der Waals surface area contributed by atoms with Crippen LogP contribution >= 0.6 is 0 Å². The van der Waals surface area contributed by atoms with Gasteiger partial charge >= 0.3 is 5.97 Å². The molecule has 7 unspecified atom stereocenters. The zero-order chi connectivity index (χ0) is 21.5. The maximum absolute atomic E-state index is 11.5. The molecule has 0 aliphatic heterocycles. The monoisotopic (exact) mass is 419 g/mol. The van der Waals surface area contributed by atoms with Gasteiger partial charge in [-0.05, 0) is 92.1 Å². The lowest BCUT2D eigenvalue weighted by Gasteiger charge is -2.60. The molecule has 0 radical (unpaired) electrons. The summed E-state index contributed by atoms with van der Waals surface area (Å²) in [5, 5.41) is 1.49. The van der Waals surface area contributed by atoms with Crippen molar-refractivity contribution in [3.63, 3.8) is 0 Å². The molecule has 0 amide bonds. The Morgan fingerprint density at radius 3 is 2.68 bits per heavy atom. The molecule has 3 nitrogen and oxygen atoms in total. The molecule has 0 N–H and O–H groups in total. The molecule has 7 atom stereocenters. The van der Waals surface area contributed by atoms with Crippen molar-refractivity contribution < 1.29 is 9.53 Å². The van der Waals surface area contributed by atoms with Crippen LogP contribution in [-0.4, -0.2) is 16.6 Å². The summed E-state index contributed by atoms with van der Waals surface area (Å²) in [6.45, 7) is 6.75. The fraction of sp³-hybridized carbons (Fsp3) is 0.679. The maximum atomic E-state index is 11.5. The summed E-state index contributed by atoms with van der Waals surface area (Å²) in [7, 11) is 2.30. The Labute approximate surface area is 186 Å². The van der Waals surface area contributed by atoms with Crippen molar-refractivity contribution in [2.45, 2.75) is 83.7 Å². The molecule has 2 aromatic rings. The SMILES string of the molecule is CC(=O)OC1CCC2(C)C(CCC3C4Cc5c(n(C)c6ccccc56)C4(C)CCC32)C1. The van der Waals surface area contributed by atoms with Gasteiger partial charge in [-0.1, -0.05) is 32.0 Å². The number of hydrogen-bond acceptors (Lipinski definition) is 2. The number of hydrogen-bond donors (Lipinski definition) is 0. The third-order valence-electron chi connectivity index (χ3n) is 10.5. The van der Waals surface area contributed by atoms with E-state index in [4.69, 9.17) is 4.74 Å². The first-order valence-corrected chi connectivity index (χ1v) is 12.6. The zero-order valence-corrected chi connectivity index (χ0v) is 19.6. The third-order valence-corrected chi connectivity index (χ3v) is 10.5. The van der Waals surface area contributed by atoms with Gasteiger partial charge in [0, 0.05) is 36.0 Å². The van der Waals surface area contributed by atoms with Crippen LogP contribution in [-0.2, 0) is 28.4 Å². The fourth-order valence-electron chi connectivity index (χ4n) is 9.18. The average molecular weight is 420 g/mol. The van der Waals surface area contributed by atoms with E-state index >= 15 is 0 Å². The van der Waals surface area contributed by atoms with E-state index in [0.29, 0.717) is 10.8 Å². The van der Waals surface area contributed by atoms with Crippen molar-refractivity contribution in [2.24, 2.45) is 36.1 Å². The van der Waals surface area contributed by atoms with Gasteiger partial charge in [0.1, 0.15) is 6.10 Å². The number of rotatable bonds is 1. The van der Waals surface area contributed by atoms with Crippen LogP contribution in [0.25, 0.3) is 10.9 Å². The van der Waals surface area contributed by atoms with Gasteiger partial charge in [-0.3, -0.25) is 4.79 Å². The van der Waals surface area contributed by atoms with Crippen LogP contribution in [0.4, 0.5) is 0 Å². The minimum absolute atomic E-state index is 0.105. The number of benzene rings is 1. The Kier molecular flexibility index (Phi) is 4.25. The highest BCUT2D eigenvalue weighted by Gasteiger charge is 2.60. The molecular weight excluding hydrogens is 382 g/mol. The maximum Gasteiger partial charge on any atom is 0.302 e. The largest absolute Gasteiger partial charge is 0.463 e. The Balaban J connectivity index is 1.32. The first-order chi connectivity index (χ1) is 14.8. The highest BCUT2D eigenvalue weighted by atomic mass is 16.5. The lowest BCUT2D eigenvalue weighted by atomic mass is 9.45. The number of nitrogens with zero attached hydrogens (tertiary/aromatic N) is 1. The Morgan fingerprint density at radius 2 is 1.87 bits per heavy atom. The second kappa shape index (κ2) is 6.62. The van der Waals surface area contributed by atoms with Crippen molar-refractivity contribution in [2.75, 3.05) is 0 Å². The topological polar surface area (TPSA) is 31.2 Å². The molecule has 0 bridgehead atoms. The second-order valence-electron chi connectivity index (χ2n) is 11.7. The standard InChI is InChI=1S/C28H37NO2/c1-17(30)31-19-11-13-27(2)18(15-19)9-10-21-23(27)12-14-28(3)24(21)16-22-20-7-5-6-8-25(20)29(4)26(22)28/h5-8,18-19,21,23-24H,9-16H2,1-4H3. The normalized spacial score (nSPS) is 41.2. The Hall–Kier alpha value is -1.77. The summed E-state index contributed by atoms with van der Waals surface area (Å²) in [5.41, 5.74) is 5.45. The highest BCUT2D eigenvalue weighted by molar-refractivity contribution is 5.87. The summed E-state index contributed by atoms with van der Waals surface area (Å²) in [5.74, 6) is 3.09. The van der Waals surface area contributed by atoms with Gasteiger partial charge in [-0.2, -0.15) is 0 Å². The lowest BCUT2D eigenvalue weighted by Crippen LogP contribution is -2.54. The molecule has 1 aromatic heterocycles. The number of para-hydroxylation sites is 1. The molecule has 6 rings (SSSR count). The lowest BCUT2D eigenvalue weighted by molar-refractivity contribution is -0.157. The number of ether oxygens (including phenoxy) is 1. The van der Waals surface area contributed by atoms with E-state index in [1.165, 1.54) is 49.4 Å². The van der Waals surface area contributed by atoms with E-state index in [1.807, 2.05) is 0 Å². The minimum Gasteiger partial charge on any atom is -0.463 e. The van der Waals surface area contributed by atoms with E-state index in [2.05, 4.69) is 49.7 Å². The predicted octanol–water partition coefficient (Wildman–Crippen LogP) is 6.17. The van der Waals surface area contributed by atoms with Crippen LogP contribution in [0.15, 0.2) is 24.3 Å². The van der Waals surface area contributed by atoms with Gasteiger partial charge in [0.05, 0.1) is 0 Å². The molecule has 4 aliphatic rings. The molecule has 31 heavy (non-hydrogen) atoms. The number of carbonyl (C=O) groups excluding carboxylic acids is 1. The van der Waals surface area contributed by atoms with Gasteiger partial charge in [0.2, 0.25) is 0 Å². The molecule has 3 saturated carbocycles. The Bertz CT molecular complexity index is 1050. The highest BCUT2D eigenvalue weighted by Crippen LogP contribution is 2.66. The molecule has 3 heteroatoms. The number of fused-ring (bicyclic) bond motifs is 9. The summed E-state index contributed by atoms with van der Waals surface area (Å²) < 4.78 is 8.18. The van der Waals surface area contributed by atoms with Crippen molar-refractivity contribution in [1.29, 1.82) is 0 Å². The summed E-state index contributed by atoms with van der Waals surface area (Å²) in [4.78, 5) is 11.5. The van der Waals surface area contributed by atoms with Gasteiger partial charge in [-0.25, -0.2) is 0 Å². The molecule has 4 aliphatic carbocycles. The van der Waals surface area contributed by atoms with Crippen LogP contribution in [0.1, 0.15) is 77.0 Å². The first-order valence-electron chi connectivity index (χ1n) is 12.6. The number of carbonyl (C=O) groups is 1.